The second-order valence-electron chi connectivity index (χ2n) is 11.4. The van der Waals surface area contributed by atoms with Gasteiger partial charge in [-0.25, -0.2) is 0 Å². The summed E-state index contributed by atoms with van der Waals surface area (Å²) in [7, 11) is -3.99. The van der Waals surface area contributed by atoms with E-state index in [1.54, 1.807) is 24.3 Å². The van der Waals surface area contributed by atoms with Crippen LogP contribution in [0.25, 0.3) is 0 Å². The minimum Gasteiger partial charge on any atom is -0.297 e. The Morgan fingerprint density at radius 2 is 1.89 bits per heavy atom. The van der Waals surface area contributed by atoms with Crippen LogP contribution < -0.4 is 0 Å². The summed E-state index contributed by atoms with van der Waals surface area (Å²) in [6, 6.07) is 6.46. The Morgan fingerprint density at radius 1 is 1.17 bits per heavy atom. The van der Waals surface area contributed by atoms with Crippen molar-refractivity contribution in [3.05, 3.63) is 65.3 Å². The molecule has 35 heavy (non-hydrogen) atoms. The number of carbonyl (C=O) groups is 2. The molecular formula is C29H34O5S. The van der Waals surface area contributed by atoms with Crippen LogP contribution in [0.15, 0.2) is 64.6 Å². The second-order valence-corrected chi connectivity index (χ2v) is 13.0. The Kier molecular flexibility index (Phi) is 5.84. The van der Waals surface area contributed by atoms with Gasteiger partial charge in [-0.15, -0.1) is 0 Å². The zero-order valence-corrected chi connectivity index (χ0v) is 21.7. The Morgan fingerprint density at radius 3 is 2.60 bits per heavy atom. The van der Waals surface area contributed by atoms with Gasteiger partial charge in [0.2, 0.25) is 0 Å². The van der Waals surface area contributed by atoms with E-state index in [0.29, 0.717) is 11.8 Å². The molecule has 0 spiro atoms. The van der Waals surface area contributed by atoms with E-state index in [2.05, 4.69) is 32.9 Å². The van der Waals surface area contributed by atoms with Crippen LogP contribution in [-0.4, -0.2) is 26.6 Å². The number of hydrogen-bond donors (Lipinski definition) is 0. The number of fused-ring (bicyclic) bond motifs is 5. The quantitative estimate of drug-likeness (QED) is 0.407. The van der Waals surface area contributed by atoms with Crippen molar-refractivity contribution in [1.82, 2.24) is 0 Å². The second kappa shape index (κ2) is 8.38. The molecule has 0 saturated heterocycles. The van der Waals surface area contributed by atoms with Crippen molar-refractivity contribution < 1.29 is 22.2 Å². The van der Waals surface area contributed by atoms with Crippen LogP contribution in [-0.2, 0) is 23.9 Å². The number of Topliss-reactive ketones (excluding diaryl/α,β-unsaturated/α-hetero) is 1. The fourth-order valence-electron chi connectivity index (χ4n) is 7.57. The van der Waals surface area contributed by atoms with E-state index in [-0.39, 0.29) is 39.1 Å². The van der Waals surface area contributed by atoms with Gasteiger partial charge in [0.05, 0.1) is 4.90 Å². The number of rotatable bonds is 5. The fraction of sp³-hybridized carbons (Fsp3) is 0.517. The summed E-state index contributed by atoms with van der Waals surface area (Å²) in [5.74, 6) is 0.574. The highest BCUT2D eigenvalue weighted by molar-refractivity contribution is 7.86. The van der Waals surface area contributed by atoms with Crippen LogP contribution in [0.3, 0.4) is 0 Å². The molecule has 6 atom stereocenters. The van der Waals surface area contributed by atoms with Gasteiger partial charge >= 0.3 is 0 Å². The molecule has 5 nitrogen and oxygen atoms in total. The largest absolute Gasteiger partial charge is 0.297 e. The van der Waals surface area contributed by atoms with Crippen LogP contribution in [0, 0.1) is 41.4 Å². The monoisotopic (exact) mass is 494 g/mol. The van der Waals surface area contributed by atoms with E-state index in [0.717, 1.165) is 31.2 Å². The van der Waals surface area contributed by atoms with E-state index in [9.17, 15) is 18.0 Å². The van der Waals surface area contributed by atoms with Gasteiger partial charge in [0, 0.05) is 11.3 Å². The average Bonchev–Trinajstić information content (AvgIpc) is 3.08. The molecule has 186 valence electrons. The van der Waals surface area contributed by atoms with Gasteiger partial charge < -0.3 is 0 Å². The zero-order chi connectivity index (χ0) is 25.2. The molecule has 1 aromatic rings. The Labute approximate surface area is 208 Å². The van der Waals surface area contributed by atoms with E-state index in [1.165, 1.54) is 23.3 Å². The number of aryl methyl sites for hydroxylation is 1. The average molecular weight is 495 g/mol. The number of carbonyl (C=O) groups excluding carboxylic acids is 2. The molecule has 0 aliphatic heterocycles. The molecule has 0 radical (unpaired) electrons. The normalized spacial score (nSPS) is 36.1. The predicted molar refractivity (Wildman–Crippen MR) is 134 cm³/mol. The summed E-state index contributed by atoms with van der Waals surface area (Å²) in [6.07, 6.45) is 11.5. The molecule has 6 heteroatoms. The van der Waals surface area contributed by atoms with E-state index in [4.69, 9.17) is 4.18 Å². The molecule has 0 aromatic heterocycles. The van der Waals surface area contributed by atoms with Gasteiger partial charge in [-0.3, -0.25) is 13.8 Å². The van der Waals surface area contributed by atoms with Crippen molar-refractivity contribution in [3.8, 4) is 0 Å². The first-order valence-electron chi connectivity index (χ1n) is 12.6. The third-order valence-electron chi connectivity index (χ3n) is 9.30. The summed E-state index contributed by atoms with van der Waals surface area (Å²) in [5.41, 5.74) is 3.10. The highest BCUT2D eigenvalue weighted by Gasteiger charge is 2.59. The lowest BCUT2D eigenvalue weighted by Crippen LogP contribution is -2.45. The number of benzene rings is 1. The minimum absolute atomic E-state index is 0.0675. The third kappa shape index (κ3) is 3.89. The standard InChI is InChI=1S/C29H34O5S/c1-18-5-8-22(9-6-18)35(32,33)34-17-26(31)27-19(2)15-25-23-10-7-20-16-21(30)11-13-28(20,3)24(23)12-14-29(25,27)4/h5-6,8-9,11-13,16,19,23,25,27H,7,10,14-15,17H2,1-4H3/t19-,23-,25+,27-,28+,29+/m1/s1. The lowest BCUT2D eigenvalue weighted by molar-refractivity contribution is -0.130. The van der Waals surface area contributed by atoms with Crippen molar-refractivity contribution in [3.63, 3.8) is 0 Å². The van der Waals surface area contributed by atoms with Crippen LogP contribution in [0.2, 0.25) is 0 Å². The highest BCUT2D eigenvalue weighted by atomic mass is 32.2. The lowest BCUT2D eigenvalue weighted by atomic mass is 9.52. The number of ketones is 2. The molecule has 4 aliphatic rings. The Bertz CT molecular complexity index is 1270. The van der Waals surface area contributed by atoms with Crippen LogP contribution in [0.5, 0.6) is 0 Å². The maximum absolute atomic E-state index is 13.5. The molecule has 0 bridgehead atoms. The summed E-state index contributed by atoms with van der Waals surface area (Å²) in [6.45, 7) is 8.00. The van der Waals surface area contributed by atoms with Crippen molar-refractivity contribution in [2.24, 2.45) is 34.5 Å². The number of allylic oxidation sites excluding steroid dienone is 6. The molecule has 5 rings (SSSR count). The SMILES string of the molecule is Cc1ccc(S(=O)(=O)OCC(=O)[C@H]2[C@H](C)C[C@H]3[C@@H]4CCC5=CC(=O)C=C[C@]5(C)C4=CC[C@@]32C)cc1. The Balaban J connectivity index is 1.37. The fourth-order valence-corrected chi connectivity index (χ4v) is 8.45. The molecule has 0 amide bonds. The van der Waals surface area contributed by atoms with E-state index < -0.39 is 16.7 Å². The first-order valence-corrected chi connectivity index (χ1v) is 14.0. The van der Waals surface area contributed by atoms with Crippen LogP contribution >= 0.6 is 0 Å². The smallest absolute Gasteiger partial charge is 0.297 e. The molecule has 0 heterocycles. The summed E-state index contributed by atoms with van der Waals surface area (Å²) < 4.78 is 30.6. The molecular weight excluding hydrogens is 460 g/mol. The van der Waals surface area contributed by atoms with Crippen LogP contribution in [0.4, 0.5) is 0 Å². The maximum atomic E-state index is 13.5. The topological polar surface area (TPSA) is 77.5 Å². The molecule has 0 N–H and O–H groups in total. The van der Waals surface area contributed by atoms with Gasteiger partial charge in [-0.1, -0.05) is 54.8 Å². The number of hydrogen-bond acceptors (Lipinski definition) is 5. The molecule has 0 unspecified atom stereocenters. The van der Waals surface area contributed by atoms with Crippen LogP contribution in [0.1, 0.15) is 52.0 Å². The summed E-state index contributed by atoms with van der Waals surface area (Å²) in [4.78, 5) is 25.5. The highest BCUT2D eigenvalue weighted by Crippen LogP contribution is 2.65. The lowest BCUT2D eigenvalue weighted by Gasteiger charge is -2.52. The van der Waals surface area contributed by atoms with Gasteiger partial charge in [0.1, 0.15) is 6.61 Å². The molecule has 1 aromatic carbocycles. The van der Waals surface area contributed by atoms with Crippen molar-refractivity contribution in [2.45, 2.75) is 58.3 Å². The first-order chi connectivity index (χ1) is 16.5. The molecule has 4 aliphatic carbocycles. The van der Waals surface area contributed by atoms with Gasteiger partial charge in [-0.05, 0) is 87.0 Å². The summed E-state index contributed by atoms with van der Waals surface area (Å²) >= 11 is 0. The van der Waals surface area contributed by atoms with Gasteiger partial charge in [0.25, 0.3) is 10.1 Å². The van der Waals surface area contributed by atoms with E-state index in [1.807, 2.05) is 6.92 Å². The molecule has 2 fully saturated rings. The summed E-state index contributed by atoms with van der Waals surface area (Å²) in [5, 5.41) is 0. The maximum Gasteiger partial charge on any atom is 0.297 e. The molecule has 2 saturated carbocycles. The third-order valence-corrected chi connectivity index (χ3v) is 10.6. The first kappa shape index (κ1) is 24.4. The van der Waals surface area contributed by atoms with Crippen molar-refractivity contribution >= 4 is 21.7 Å². The Hall–Kier alpha value is -2.31. The van der Waals surface area contributed by atoms with Crippen molar-refractivity contribution in [2.75, 3.05) is 6.61 Å². The van der Waals surface area contributed by atoms with E-state index >= 15 is 0 Å². The van der Waals surface area contributed by atoms with Gasteiger partial charge in [-0.2, -0.15) is 8.42 Å². The van der Waals surface area contributed by atoms with Crippen molar-refractivity contribution in [1.29, 1.82) is 0 Å². The minimum atomic E-state index is -3.99. The van der Waals surface area contributed by atoms with Gasteiger partial charge in [0.15, 0.2) is 11.6 Å². The predicted octanol–water partition coefficient (Wildman–Crippen LogP) is 5.36. The zero-order valence-electron chi connectivity index (χ0n) is 20.9.